The fourth-order valence-electron chi connectivity index (χ4n) is 5.03. The molecule has 2 atom stereocenters. The molecule has 33 heavy (non-hydrogen) atoms. The molecule has 0 spiro atoms. The van der Waals surface area contributed by atoms with E-state index in [9.17, 15) is 9.59 Å². The zero-order valence-corrected chi connectivity index (χ0v) is 18.4. The molecule has 0 aliphatic carbocycles. The van der Waals surface area contributed by atoms with Crippen LogP contribution in [0, 0.1) is 5.92 Å². The lowest BCUT2D eigenvalue weighted by Crippen LogP contribution is -2.48. The second kappa shape index (κ2) is 9.49. The number of piperidine rings is 1. The van der Waals surface area contributed by atoms with Crippen molar-refractivity contribution in [2.75, 3.05) is 0 Å². The summed E-state index contributed by atoms with van der Waals surface area (Å²) in [6.45, 7) is 0.273. The van der Waals surface area contributed by atoms with E-state index in [1.807, 2.05) is 89.8 Å². The van der Waals surface area contributed by atoms with Gasteiger partial charge in [-0.05, 0) is 67.6 Å². The van der Waals surface area contributed by atoms with Gasteiger partial charge in [-0.15, -0.1) is 0 Å². The molecule has 0 radical (unpaired) electrons. The van der Waals surface area contributed by atoms with Gasteiger partial charge >= 0.3 is 6.09 Å². The van der Waals surface area contributed by atoms with Crippen molar-refractivity contribution in [1.82, 2.24) is 4.90 Å². The Hall–Kier alpha value is -3.60. The van der Waals surface area contributed by atoms with Crippen LogP contribution < -0.4 is 4.74 Å². The molecule has 168 valence electrons. The Labute approximate surface area is 193 Å². The summed E-state index contributed by atoms with van der Waals surface area (Å²) in [5.74, 6) is 1.55. The molecule has 2 bridgehead atoms. The molecule has 2 aliphatic heterocycles. The van der Waals surface area contributed by atoms with Crippen LogP contribution in [0.5, 0.6) is 11.5 Å². The quantitative estimate of drug-likeness (QED) is 0.425. The molecule has 3 aromatic rings. The van der Waals surface area contributed by atoms with Crippen LogP contribution in [0.3, 0.4) is 0 Å². The van der Waals surface area contributed by atoms with Gasteiger partial charge in [-0.25, -0.2) is 4.79 Å². The van der Waals surface area contributed by atoms with Crippen molar-refractivity contribution in [3.05, 3.63) is 96.1 Å². The number of ether oxygens (including phenoxy) is 2. The molecule has 5 rings (SSSR count). The van der Waals surface area contributed by atoms with Crippen LogP contribution in [0.1, 0.15) is 41.6 Å². The number of nitrogens with zero attached hydrogens (tertiary/aromatic N) is 1. The first-order valence-electron chi connectivity index (χ1n) is 11.5. The third-order valence-corrected chi connectivity index (χ3v) is 6.64. The second-order valence-electron chi connectivity index (χ2n) is 8.80. The maximum Gasteiger partial charge on any atom is 0.410 e. The van der Waals surface area contributed by atoms with E-state index in [1.54, 1.807) is 0 Å². The number of para-hydroxylation sites is 1. The van der Waals surface area contributed by atoms with Crippen LogP contribution in [0.25, 0.3) is 0 Å². The van der Waals surface area contributed by atoms with E-state index in [4.69, 9.17) is 9.47 Å². The van der Waals surface area contributed by atoms with Gasteiger partial charge in [-0.2, -0.15) is 0 Å². The lowest BCUT2D eigenvalue weighted by molar-refractivity contribution is 0.0485. The Morgan fingerprint density at radius 1 is 0.758 bits per heavy atom. The molecule has 0 aromatic heterocycles. The first kappa shape index (κ1) is 21.3. The number of rotatable bonds is 6. The van der Waals surface area contributed by atoms with Crippen LogP contribution >= 0.6 is 0 Å². The SMILES string of the molecule is O=C(c1ccc(Oc2ccccc2)cc1)C1CC2CCC(C1)N2C(=O)OCc1ccccc1. The smallest absolute Gasteiger partial charge is 0.410 e. The molecule has 2 aliphatic rings. The number of ketones is 1. The van der Waals surface area contributed by atoms with Crippen molar-refractivity contribution in [3.8, 4) is 11.5 Å². The van der Waals surface area contributed by atoms with Crippen LogP contribution in [-0.2, 0) is 11.3 Å². The fourth-order valence-corrected chi connectivity index (χ4v) is 5.03. The molecule has 5 heteroatoms. The van der Waals surface area contributed by atoms with E-state index >= 15 is 0 Å². The average molecular weight is 442 g/mol. The Bertz CT molecular complexity index is 1080. The van der Waals surface area contributed by atoms with Gasteiger partial charge < -0.3 is 14.4 Å². The normalized spacial score (nSPS) is 21.5. The van der Waals surface area contributed by atoms with E-state index in [0.29, 0.717) is 24.2 Å². The Kier molecular flexibility index (Phi) is 6.11. The molecule has 2 saturated heterocycles. The molecule has 0 N–H and O–H groups in total. The van der Waals surface area contributed by atoms with E-state index in [2.05, 4.69) is 0 Å². The number of carbonyl (C=O) groups excluding carboxylic acids is 2. The molecule has 0 saturated carbocycles. The lowest BCUT2D eigenvalue weighted by atomic mass is 9.85. The van der Waals surface area contributed by atoms with Gasteiger partial charge in [-0.3, -0.25) is 4.79 Å². The standard InChI is InChI=1S/C28H27NO4/c30-27(21-11-15-26(16-12-21)33-25-9-5-2-6-10-25)22-17-23-13-14-24(18-22)29(23)28(31)32-19-20-7-3-1-4-8-20/h1-12,15-16,22-24H,13-14,17-19H2. The monoisotopic (exact) mass is 441 g/mol. The summed E-state index contributed by atoms with van der Waals surface area (Å²) in [6, 6.07) is 26.8. The van der Waals surface area contributed by atoms with Gasteiger partial charge in [0.15, 0.2) is 5.78 Å². The van der Waals surface area contributed by atoms with Gasteiger partial charge in [0.1, 0.15) is 18.1 Å². The Balaban J connectivity index is 1.19. The molecule has 1 amide bonds. The van der Waals surface area contributed by atoms with Crippen LogP contribution in [-0.4, -0.2) is 28.9 Å². The summed E-state index contributed by atoms with van der Waals surface area (Å²) in [6.07, 6.45) is 2.98. The summed E-state index contributed by atoms with van der Waals surface area (Å²) < 4.78 is 11.4. The second-order valence-corrected chi connectivity index (χ2v) is 8.80. The maximum atomic E-state index is 13.2. The van der Waals surface area contributed by atoms with Crippen LogP contribution in [0.2, 0.25) is 0 Å². The van der Waals surface area contributed by atoms with Crippen LogP contribution in [0.15, 0.2) is 84.9 Å². The van der Waals surface area contributed by atoms with Gasteiger partial charge in [0.05, 0.1) is 0 Å². The predicted molar refractivity (Wildman–Crippen MR) is 125 cm³/mol. The maximum absolute atomic E-state index is 13.2. The van der Waals surface area contributed by atoms with E-state index in [1.165, 1.54) is 0 Å². The highest BCUT2D eigenvalue weighted by Gasteiger charge is 2.45. The van der Waals surface area contributed by atoms with Gasteiger partial charge in [0.25, 0.3) is 0 Å². The fraction of sp³-hybridized carbons (Fsp3) is 0.286. The zero-order chi connectivity index (χ0) is 22.6. The van der Waals surface area contributed by atoms with Gasteiger partial charge in [-0.1, -0.05) is 48.5 Å². The Morgan fingerprint density at radius 3 is 1.97 bits per heavy atom. The Morgan fingerprint density at radius 2 is 1.33 bits per heavy atom. The van der Waals surface area contributed by atoms with Crippen LogP contribution in [0.4, 0.5) is 4.79 Å². The molecule has 2 heterocycles. The molecular formula is C28H27NO4. The van der Waals surface area contributed by atoms with E-state index < -0.39 is 0 Å². The predicted octanol–water partition coefficient (Wildman–Crippen LogP) is 6.24. The number of benzene rings is 3. The number of fused-ring (bicyclic) bond motifs is 2. The molecule has 2 fully saturated rings. The molecular weight excluding hydrogens is 414 g/mol. The topological polar surface area (TPSA) is 55.8 Å². The molecule has 2 unspecified atom stereocenters. The third kappa shape index (κ3) is 4.77. The molecule has 3 aromatic carbocycles. The third-order valence-electron chi connectivity index (χ3n) is 6.64. The number of carbonyl (C=O) groups is 2. The lowest BCUT2D eigenvalue weighted by Gasteiger charge is -2.37. The average Bonchev–Trinajstić information content (AvgIpc) is 3.13. The van der Waals surface area contributed by atoms with Gasteiger partial charge in [0, 0.05) is 23.6 Å². The van der Waals surface area contributed by atoms with Gasteiger partial charge in [0.2, 0.25) is 0 Å². The minimum absolute atomic E-state index is 0.0680. The first-order chi connectivity index (χ1) is 16.2. The van der Waals surface area contributed by atoms with Crippen molar-refractivity contribution in [2.45, 2.75) is 44.4 Å². The van der Waals surface area contributed by atoms with Crippen molar-refractivity contribution < 1.29 is 19.1 Å². The summed E-state index contributed by atoms with van der Waals surface area (Å²) >= 11 is 0. The first-order valence-corrected chi connectivity index (χ1v) is 11.5. The minimum atomic E-state index is -0.264. The summed E-state index contributed by atoms with van der Waals surface area (Å²) in [4.78, 5) is 27.8. The van der Waals surface area contributed by atoms with Crippen molar-refractivity contribution in [2.24, 2.45) is 5.92 Å². The van der Waals surface area contributed by atoms with Crippen molar-refractivity contribution >= 4 is 11.9 Å². The number of Topliss-reactive ketones (excluding diaryl/α,β-unsaturated/α-hetero) is 1. The highest BCUT2D eigenvalue weighted by Crippen LogP contribution is 2.40. The number of hydrogen-bond donors (Lipinski definition) is 0. The van der Waals surface area contributed by atoms with E-state index in [-0.39, 0.29) is 36.5 Å². The van der Waals surface area contributed by atoms with E-state index in [0.717, 1.165) is 24.2 Å². The largest absolute Gasteiger partial charge is 0.457 e. The highest BCUT2D eigenvalue weighted by atomic mass is 16.6. The highest BCUT2D eigenvalue weighted by molar-refractivity contribution is 5.98. The summed E-state index contributed by atoms with van der Waals surface area (Å²) in [5.41, 5.74) is 1.67. The molecule has 5 nitrogen and oxygen atoms in total. The summed E-state index contributed by atoms with van der Waals surface area (Å²) in [7, 11) is 0. The zero-order valence-electron chi connectivity index (χ0n) is 18.4. The van der Waals surface area contributed by atoms with Crippen molar-refractivity contribution in [1.29, 1.82) is 0 Å². The van der Waals surface area contributed by atoms with Crippen molar-refractivity contribution in [3.63, 3.8) is 0 Å². The summed E-state index contributed by atoms with van der Waals surface area (Å²) in [5, 5.41) is 0. The number of amides is 1. The number of hydrogen-bond acceptors (Lipinski definition) is 4. The minimum Gasteiger partial charge on any atom is -0.457 e.